The van der Waals surface area contributed by atoms with E-state index in [0.717, 1.165) is 25.3 Å². The summed E-state index contributed by atoms with van der Waals surface area (Å²) in [5.74, 6) is 1.06. The molecule has 0 amide bonds. The molecule has 18 heavy (non-hydrogen) atoms. The molecule has 0 spiro atoms. The first kappa shape index (κ1) is 13.5. The second kappa shape index (κ2) is 6.87. The van der Waals surface area contributed by atoms with Gasteiger partial charge in [0.2, 0.25) is 0 Å². The molecular weight excluding hydrogens is 226 g/mol. The number of hydrogen-bond donors (Lipinski definition) is 2. The van der Waals surface area contributed by atoms with Gasteiger partial charge in [0.05, 0.1) is 0 Å². The highest BCUT2D eigenvalue weighted by Crippen LogP contribution is 2.00. The fourth-order valence-corrected chi connectivity index (χ4v) is 2.35. The number of hydrogen-bond acceptors (Lipinski definition) is 4. The molecule has 2 rings (SSSR count). The number of aromatic amines is 1. The Bertz CT molecular complexity index is 316. The molecule has 1 fully saturated rings. The maximum absolute atomic E-state index is 4.23. The molecule has 0 aliphatic carbocycles. The predicted molar refractivity (Wildman–Crippen MR) is 73.7 cm³/mol. The summed E-state index contributed by atoms with van der Waals surface area (Å²) in [6, 6.07) is 0.545. The second-order valence-corrected chi connectivity index (χ2v) is 5.24. The molecular formula is C13H25N5. The number of nitrogens with zero attached hydrogens (tertiary/aromatic N) is 3. The van der Waals surface area contributed by atoms with Gasteiger partial charge in [0.15, 0.2) is 0 Å². The summed E-state index contributed by atoms with van der Waals surface area (Å²) in [4.78, 5) is 12.3. The molecule has 1 atom stereocenters. The van der Waals surface area contributed by atoms with Gasteiger partial charge in [0.1, 0.15) is 5.82 Å². The third-order valence-electron chi connectivity index (χ3n) is 3.54. The van der Waals surface area contributed by atoms with Crippen molar-refractivity contribution in [2.45, 2.75) is 19.4 Å². The molecule has 0 bridgehead atoms. The van der Waals surface area contributed by atoms with Gasteiger partial charge in [-0.15, -0.1) is 0 Å². The first-order valence-electron chi connectivity index (χ1n) is 6.86. The lowest BCUT2D eigenvalue weighted by molar-refractivity contribution is 0.144. The molecule has 0 radical (unpaired) electrons. The van der Waals surface area contributed by atoms with E-state index in [1.165, 1.54) is 26.2 Å². The van der Waals surface area contributed by atoms with Crippen LogP contribution in [0.3, 0.4) is 0 Å². The average Bonchev–Trinajstić information content (AvgIpc) is 2.85. The van der Waals surface area contributed by atoms with E-state index in [-0.39, 0.29) is 0 Å². The number of imidazole rings is 1. The van der Waals surface area contributed by atoms with Crippen LogP contribution >= 0.6 is 0 Å². The minimum absolute atomic E-state index is 0.545. The summed E-state index contributed by atoms with van der Waals surface area (Å²) >= 11 is 0. The van der Waals surface area contributed by atoms with E-state index in [9.17, 15) is 0 Å². The molecule has 5 nitrogen and oxygen atoms in total. The Morgan fingerprint density at radius 2 is 2.17 bits per heavy atom. The molecule has 0 aromatic carbocycles. The van der Waals surface area contributed by atoms with E-state index in [0.29, 0.717) is 6.04 Å². The Hall–Kier alpha value is -0.910. The van der Waals surface area contributed by atoms with E-state index in [4.69, 9.17) is 0 Å². The molecule has 1 aromatic heterocycles. The first-order valence-corrected chi connectivity index (χ1v) is 6.86. The highest BCUT2D eigenvalue weighted by molar-refractivity contribution is 4.87. The van der Waals surface area contributed by atoms with Crippen LogP contribution < -0.4 is 5.32 Å². The highest BCUT2D eigenvalue weighted by Gasteiger charge is 2.15. The number of H-pyrrole nitrogens is 1. The van der Waals surface area contributed by atoms with Gasteiger partial charge in [-0.1, -0.05) is 0 Å². The van der Waals surface area contributed by atoms with Gasteiger partial charge in [-0.05, 0) is 14.0 Å². The topological polar surface area (TPSA) is 47.2 Å². The van der Waals surface area contributed by atoms with Crippen molar-refractivity contribution in [1.29, 1.82) is 0 Å². The van der Waals surface area contributed by atoms with E-state index in [1.807, 2.05) is 12.4 Å². The zero-order valence-electron chi connectivity index (χ0n) is 11.5. The van der Waals surface area contributed by atoms with Crippen molar-refractivity contribution >= 4 is 0 Å². The molecule has 1 aliphatic rings. The van der Waals surface area contributed by atoms with Gasteiger partial charge >= 0.3 is 0 Å². The lowest BCUT2D eigenvalue weighted by atomic mass is 10.2. The molecule has 1 saturated heterocycles. The maximum atomic E-state index is 4.23. The van der Waals surface area contributed by atoms with Crippen molar-refractivity contribution in [3.8, 4) is 0 Å². The van der Waals surface area contributed by atoms with Crippen molar-refractivity contribution in [2.75, 3.05) is 46.3 Å². The van der Waals surface area contributed by atoms with Crippen LogP contribution in [0.15, 0.2) is 12.4 Å². The van der Waals surface area contributed by atoms with Crippen LogP contribution in [-0.2, 0) is 6.42 Å². The third kappa shape index (κ3) is 4.40. The van der Waals surface area contributed by atoms with Crippen LogP contribution in [0.1, 0.15) is 12.7 Å². The van der Waals surface area contributed by atoms with E-state index >= 15 is 0 Å². The van der Waals surface area contributed by atoms with E-state index in [1.54, 1.807) is 0 Å². The minimum Gasteiger partial charge on any atom is -0.349 e. The fraction of sp³-hybridized carbons (Fsp3) is 0.769. The SMILES string of the molecule is C[C@H](CN1CCN(C)CC1)NCCc1ncc[nH]1. The van der Waals surface area contributed by atoms with Gasteiger partial charge in [-0.25, -0.2) is 4.98 Å². The van der Waals surface area contributed by atoms with Crippen molar-refractivity contribution in [2.24, 2.45) is 0 Å². The number of rotatable bonds is 6. The zero-order chi connectivity index (χ0) is 12.8. The third-order valence-corrected chi connectivity index (χ3v) is 3.54. The Morgan fingerprint density at radius 1 is 1.39 bits per heavy atom. The molecule has 5 heteroatoms. The molecule has 2 N–H and O–H groups in total. The zero-order valence-corrected chi connectivity index (χ0v) is 11.5. The summed E-state index contributed by atoms with van der Waals surface area (Å²) in [5.41, 5.74) is 0. The van der Waals surface area contributed by atoms with Gasteiger partial charge in [-0.2, -0.15) is 0 Å². The van der Waals surface area contributed by atoms with Crippen LogP contribution in [-0.4, -0.2) is 72.1 Å². The Morgan fingerprint density at radius 3 is 2.83 bits per heavy atom. The fourth-order valence-electron chi connectivity index (χ4n) is 2.35. The van der Waals surface area contributed by atoms with E-state index < -0.39 is 0 Å². The monoisotopic (exact) mass is 251 g/mol. The lowest BCUT2D eigenvalue weighted by Crippen LogP contribution is -2.49. The van der Waals surface area contributed by atoms with Crippen molar-refractivity contribution in [3.63, 3.8) is 0 Å². The number of piperazine rings is 1. The van der Waals surface area contributed by atoms with Crippen molar-refractivity contribution in [1.82, 2.24) is 25.1 Å². The summed E-state index contributed by atoms with van der Waals surface area (Å²) in [5, 5.41) is 3.56. The average molecular weight is 251 g/mol. The van der Waals surface area contributed by atoms with Crippen LogP contribution in [0.25, 0.3) is 0 Å². The first-order chi connectivity index (χ1) is 8.74. The largest absolute Gasteiger partial charge is 0.349 e. The Labute approximate surface area is 110 Å². The quantitative estimate of drug-likeness (QED) is 0.757. The van der Waals surface area contributed by atoms with Crippen molar-refractivity contribution < 1.29 is 0 Å². The van der Waals surface area contributed by atoms with Gasteiger partial charge < -0.3 is 15.2 Å². The van der Waals surface area contributed by atoms with Crippen LogP contribution in [0.5, 0.6) is 0 Å². The molecule has 0 unspecified atom stereocenters. The summed E-state index contributed by atoms with van der Waals surface area (Å²) in [6.07, 6.45) is 4.66. The number of likely N-dealkylation sites (N-methyl/N-ethyl adjacent to an activating group) is 1. The van der Waals surface area contributed by atoms with Gasteiger partial charge in [-0.3, -0.25) is 4.90 Å². The number of nitrogens with one attached hydrogen (secondary N) is 2. The molecule has 1 aromatic rings. The standard InChI is InChI=1S/C13H25N5/c1-12(11-18-9-7-17(2)8-10-18)14-4-3-13-15-5-6-16-13/h5-6,12,14H,3-4,7-11H2,1-2H3,(H,15,16)/t12-/m1/s1. The lowest BCUT2D eigenvalue weighted by Gasteiger charge is -2.34. The normalized spacial score (nSPS) is 20.1. The second-order valence-electron chi connectivity index (χ2n) is 5.24. The Kier molecular flexibility index (Phi) is 5.16. The molecule has 2 heterocycles. The highest BCUT2D eigenvalue weighted by atomic mass is 15.3. The van der Waals surface area contributed by atoms with Gasteiger partial charge in [0, 0.05) is 64.1 Å². The predicted octanol–water partition coefficient (Wildman–Crippen LogP) is 0.178. The molecule has 102 valence electrons. The number of aromatic nitrogens is 2. The summed E-state index contributed by atoms with van der Waals surface area (Å²) in [6.45, 7) is 9.18. The molecule has 0 saturated carbocycles. The van der Waals surface area contributed by atoms with E-state index in [2.05, 4.69) is 39.1 Å². The van der Waals surface area contributed by atoms with Crippen LogP contribution in [0.4, 0.5) is 0 Å². The Balaban J connectivity index is 1.58. The minimum atomic E-state index is 0.545. The molecule has 1 aliphatic heterocycles. The van der Waals surface area contributed by atoms with Crippen molar-refractivity contribution in [3.05, 3.63) is 18.2 Å². The van der Waals surface area contributed by atoms with Crippen LogP contribution in [0.2, 0.25) is 0 Å². The smallest absolute Gasteiger partial charge is 0.107 e. The van der Waals surface area contributed by atoms with Crippen LogP contribution in [0, 0.1) is 0 Å². The maximum Gasteiger partial charge on any atom is 0.107 e. The summed E-state index contributed by atoms with van der Waals surface area (Å²) < 4.78 is 0. The summed E-state index contributed by atoms with van der Waals surface area (Å²) in [7, 11) is 2.20. The van der Waals surface area contributed by atoms with Gasteiger partial charge in [0.25, 0.3) is 0 Å².